The van der Waals surface area contributed by atoms with Crippen molar-refractivity contribution in [3.63, 3.8) is 0 Å². The van der Waals surface area contributed by atoms with E-state index in [1.807, 2.05) is 0 Å². The molecule has 2 unspecified atom stereocenters. The zero-order chi connectivity index (χ0) is 20.7. The van der Waals surface area contributed by atoms with Crippen molar-refractivity contribution in [2.24, 2.45) is 10.9 Å². The minimum atomic E-state index is -3.10. The molecule has 0 saturated carbocycles. The standard InChI is InChI=1S/C20H34N4O3S/c1-6-16(3)27-19-11-15(2)7-8-18(19)13-23-20(21-4)22-12-17-9-10-24(14-17)28(5,25)26/h7-8,11,16-17H,6,9-10,12-14H2,1-5H3,(H2,21,22,23). The fraction of sp³-hybridized carbons (Fsp3) is 0.650. The van der Waals surface area contributed by atoms with E-state index in [0.717, 1.165) is 24.2 Å². The number of sulfonamides is 1. The Morgan fingerprint density at radius 2 is 2.14 bits per heavy atom. The Morgan fingerprint density at radius 1 is 1.39 bits per heavy atom. The minimum Gasteiger partial charge on any atom is -0.490 e. The van der Waals surface area contributed by atoms with Crippen LogP contribution in [0.5, 0.6) is 5.75 Å². The molecular weight excluding hydrogens is 376 g/mol. The Hall–Kier alpha value is -1.80. The van der Waals surface area contributed by atoms with Crippen LogP contribution in [0.1, 0.15) is 37.8 Å². The minimum absolute atomic E-state index is 0.165. The molecule has 1 saturated heterocycles. The number of aryl methyl sites for hydroxylation is 1. The fourth-order valence-electron chi connectivity index (χ4n) is 3.12. The maximum atomic E-state index is 11.6. The second-order valence-electron chi connectivity index (χ2n) is 7.53. The molecule has 8 heteroatoms. The second-order valence-corrected chi connectivity index (χ2v) is 9.51. The number of benzene rings is 1. The van der Waals surface area contributed by atoms with Crippen LogP contribution in [0.2, 0.25) is 0 Å². The number of guanidine groups is 1. The van der Waals surface area contributed by atoms with Crippen LogP contribution >= 0.6 is 0 Å². The van der Waals surface area contributed by atoms with E-state index in [4.69, 9.17) is 4.74 Å². The van der Waals surface area contributed by atoms with Crippen LogP contribution in [0.3, 0.4) is 0 Å². The van der Waals surface area contributed by atoms with E-state index in [2.05, 4.69) is 54.6 Å². The van der Waals surface area contributed by atoms with Crippen LogP contribution in [0, 0.1) is 12.8 Å². The largest absolute Gasteiger partial charge is 0.490 e. The summed E-state index contributed by atoms with van der Waals surface area (Å²) in [7, 11) is -1.37. The highest BCUT2D eigenvalue weighted by Crippen LogP contribution is 2.22. The van der Waals surface area contributed by atoms with Gasteiger partial charge in [-0.05, 0) is 44.2 Å². The molecule has 1 aromatic carbocycles. The topological polar surface area (TPSA) is 83.0 Å². The molecule has 28 heavy (non-hydrogen) atoms. The molecule has 1 aromatic rings. The molecule has 0 radical (unpaired) electrons. The first-order chi connectivity index (χ1) is 13.2. The Morgan fingerprint density at radius 3 is 2.75 bits per heavy atom. The Balaban J connectivity index is 1.89. The van der Waals surface area contributed by atoms with Crippen molar-refractivity contribution in [2.45, 2.75) is 46.3 Å². The zero-order valence-electron chi connectivity index (χ0n) is 17.7. The summed E-state index contributed by atoms with van der Waals surface area (Å²) in [5.74, 6) is 1.89. The van der Waals surface area contributed by atoms with Gasteiger partial charge < -0.3 is 15.4 Å². The predicted octanol–water partition coefficient (Wildman–Crippen LogP) is 2.12. The number of nitrogens with zero attached hydrogens (tertiary/aromatic N) is 2. The van der Waals surface area contributed by atoms with Crippen molar-refractivity contribution in [1.29, 1.82) is 0 Å². The van der Waals surface area contributed by atoms with Crippen molar-refractivity contribution in [3.05, 3.63) is 29.3 Å². The van der Waals surface area contributed by atoms with Gasteiger partial charge in [0.05, 0.1) is 12.4 Å². The van der Waals surface area contributed by atoms with E-state index in [0.29, 0.717) is 32.1 Å². The van der Waals surface area contributed by atoms with Gasteiger partial charge in [-0.3, -0.25) is 4.99 Å². The van der Waals surface area contributed by atoms with Crippen molar-refractivity contribution in [1.82, 2.24) is 14.9 Å². The highest BCUT2D eigenvalue weighted by atomic mass is 32.2. The first kappa shape index (κ1) is 22.5. The lowest BCUT2D eigenvalue weighted by Crippen LogP contribution is -2.40. The molecule has 0 aliphatic carbocycles. The van der Waals surface area contributed by atoms with Gasteiger partial charge in [0.1, 0.15) is 5.75 Å². The molecule has 0 aromatic heterocycles. The van der Waals surface area contributed by atoms with Crippen molar-refractivity contribution in [3.8, 4) is 5.75 Å². The van der Waals surface area contributed by atoms with Crippen LogP contribution in [0.25, 0.3) is 0 Å². The average Bonchev–Trinajstić information content (AvgIpc) is 3.12. The van der Waals surface area contributed by atoms with E-state index in [1.165, 1.54) is 11.8 Å². The summed E-state index contributed by atoms with van der Waals surface area (Å²) >= 11 is 0. The molecule has 0 bridgehead atoms. The lowest BCUT2D eigenvalue weighted by molar-refractivity contribution is 0.215. The first-order valence-corrected chi connectivity index (χ1v) is 11.7. The summed E-state index contributed by atoms with van der Waals surface area (Å²) in [5, 5.41) is 6.64. The molecule has 2 rings (SSSR count). The summed E-state index contributed by atoms with van der Waals surface area (Å²) in [6.07, 6.45) is 3.25. The molecule has 2 N–H and O–H groups in total. The van der Waals surface area contributed by atoms with Gasteiger partial charge >= 0.3 is 0 Å². The van der Waals surface area contributed by atoms with Crippen molar-refractivity contribution in [2.75, 3.05) is 32.9 Å². The summed E-state index contributed by atoms with van der Waals surface area (Å²) in [6, 6.07) is 6.22. The Kier molecular flexibility index (Phi) is 8.12. The summed E-state index contributed by atoms with van der Waals surface area (Å²) in [6.45, 7) is 8.69. The SMILES string of the molecule is CCC(C)Oc1cc(C)ccc1CNC(=NC)NCC1CCN(S(C)(=O)=O)C1. The smallest absolute Gasteiger partial charge is 0.211 e. The molecule has 0 spiro atoms. The number of aliphatic imine (C=N–C) groups is 1. The van der Waals surface area contributed by atoms with Gasteiger partial charge in [0.2, 0.25) is 10.0 Å². The van der Waals surface area contributed by atoms with Crippen LogP contribution in [0.4, 0.5) is 0 Å². The lowest BCUT2D eigenvalue weighted by atomic mass is 10.1. The Labute approximate surface area is 169 Å². The van der Waals surface area contributed by atoms with Gasteiger partial charge in [0.15, 0.2) is 5.96 Å². The van der Waals surface area contributed by atoms with Gasteiger partial charge in [-0.15, -0.1) is 0 Å². The number of hydrogen-bond donors (Lipinski definition) is 2. The van der Waals surface area contributed by atoms with Crippen LogP contribution in [0.15, 0.2) is 23.2 Å². The highest BCUT2D eigenvalue weighted by Gasteiger charge is 2.28. The fourth-order valence-corrected chi connectivity index (χ4v) is 4.04. The predicted molar refractivity (Wildman–Crippen MR) is 114 cm³/mol. The molecular formula is C20H34N4O3S. The van der Waals surface area contributed by atoms with Crippen LogP contribution in [-0.4, -0.2) is 57.7 Å². The van der Waals surface area contributed by atoms with Crippen molar-refractivity contribution < 1.29 is 13.2 Å². The normalized spacial score (nSPS) is 19.5. The second kappa shape index (κ2) is 10.1. The van der Waals surface area contributed by atoms with Gasteiger partial charge in [-0.1, -0.05) is 19.1 Å². The van der Waals surface area contributed by atoms with E-state index in [-0.39, 0.29) is 12.0 Å². The number of hydrogen-bond acceptors (Lipinski definition) is 4. The van der Waals surface area contributed by atoms with Gasteiger partial charge in [-0.25, -0.2) is 12.7 Å². The zero-order valence-corrected chi connectivity index (χ0v) is 18.5. The van der Waals surface area contributed by atoms with Crippen LogP contribution in [-0.2, 0) is 16.6 Å². The molecule has 1 heterocycles. The monoisotopic (exact) mass is 410 g/mol. The third-order valence-electron chi connectivity index (χ3n) is 5.07. The number of rotatable bonds is 8. The van der Waals surface area contributed by atoms with Gasteiger partial charge in [0.25, 0.3) is 0 Å². The maximum absolute atomic E-state index is 11.6. The summed E-state index contributed by atoms with van der Waals surface area (Å²) in [4.78, 5) is 4.28. The lowest BCUT2D eigenvalue weighted by Gasteiger charge is -2.19. The molecule has 1 aliphatic heterocycles. The Bertz CT molecular complexity index is 780. The highest BCUT2D eigenvalue weighted by molar-refractivity contribution is 7.88. The van der Waals surface area contributed by atoms with E-state index < -0.39 is 10.0 Å². The molecule has 0 amide bonds. The molecule has 7 nitrogen and oxygen atoms in total. The van der Waals surface area contributed by atoms with E-state index in [1.54, 1.807) is 11.4 Å². The summed E-state index contributed by atoms with van der Waals surface area (Å²) in [5.41, 5.74) is 2.25. The van der Waals surface area contributed by atoms with E-state index in [9.17, 15) is 8.42 Å². The number of nitrogens with one attached hydrogen (secondary N) is 2. The molecule has 1 aliphatic rings. The maximum Gasteiger partial charge on any atom is 0.211 e. The molecule has 2 atom stereocenters. The van der Waals surface area contributed by atoms with E-state index >= 15 is 0 Å². The number of ether oxygens (including phenoxy) is 1. The average molecular weight is 411 g/mol. The first-order valence-electron chi connectivity index (χ1n) is 9.88. The summed E-state index contributed by atoms with van der Waals surface area (Å²) < 4.78 is 30.9. The quantitative estimate of drug-likeness (QED) is 0.507. The third-order valence-corrected chi connectivity index (χ3v) is 6.34. The third kappa shape index (κ3) is 6.67. The van der Waals surface area contributed by atoms with Gasteiger partial charge in [0, 0.05) is 38.8 Å². The molecule has 158 valence electrons. The van der Waals surface area contributed by atoms with Crippen LogP contribution < -0.4 is 15.4 Å². The van der Waals surface area contributed by atoms with Crippen molar-refractivity contribution >= 4 is 16.0 Å². The molecule has 1 fully saturated rings. The van der Waals surface area contributed by atoms with Gasteiger partial charge in [-0.2, -0.15) is 0 Å².